The molecule has 1 saturated heterocycles. The Morgan fingerprint density at radius 3 is 2.80 bits per heavy atom. The Morgan fingerprint density at radius 2 is 2.10 bits per heavy atom. The lowest BCUT2D eigenvalue weighted by Crippen LogP contribution is -2.40. The van der Waals surface area contributed by atoms with E-state index in [-0.39, 0.29) is 6.04 Å². The molecule has 1 aromatic rings. The van der Waals surface area contributed by atoms with Gasteiger partial charge in [-0.15, -0.1) is 0 Å². The van der Waals surface area contributed by atoms with Crippen LogP contribution in [0.25, 0.3) is 0 Å². The van der Waals surface area contributed by atoms with Gasteiger partial charge in [-0.25, -0.2) is 0 Å². The van der Waals surface area contributed by atoms with E-state index in [1.165, 1.54) is 24.8 Å². The van der Waals surface area contributed by atoms with Crippen molar-refractivity contribution in [3.05, 3.63) is 35.9 Å². The molecule has 0 aliphatic carbocycles. The van der Waals surface area contributed by atoms with Crippen molar-refractivity contribution in [3.63, 3.8) is 0 Å². The second kappa shape index (κ2) is 8.40. The first-order chi connectivity index (χ1) is 9.74. The van der Waals surface area contributed by atoms with Gasteiger partial charge in [0, 0.05) is 25.7 Å². The normalized spacial score (nSPS) is 21.1. The minimum absolute atomic E-state index is 0.240. The van der Waals surface area contributed by atoms with E-state index in [2.05, 4.69) is 42.3 Å². The van der Waals surface area contributed by atoms with Gasteiger partial charge in [-0.1, -0.05) is 30.3 Å². The fourth-order valence-electron chi connectivity index (χ4n) is 2.86. The maximum atomic E-state index is 6.25. The van der Waals surface area contributed by atoms with E-state index >= 15 is 0 Å². The Kier molecular flexibility index (Phi) is 6.51. The van der Waals surface area contributed by atoms with E-state index in [9.17, 15) is 0 Å². The molecule has 2 unspecified atom stereocenters. The predicted molar refractivity (Wildman–Crippen MR) is 83.8 cm³/mol. The topological polar surface area (TPSA) is 38.5 Å². The molecular formula is C17H28N2O. The summed E-state index contributed by atoms with van der Waals surface area (Å²) >= 11 is 0. The molecule has 1 aliphatic rings. The van der Waals surface area contributed by atoms with Gasteiger partial charge >= 0.3 is 0 Å². The van der Waals surface area contributed by atoms with E-state index in [1.807, 2.05) is 0 Å². The van der Waals surface area contributed by atoms with Crippen LogP contribution in [0.2, 0.25) is 0 Å². The molecule has 2 atom stereocenters. The zero-order valence-corrected chi connectivity index (χ0v) is 12.6. The largest absolute Gasteiger partial charge is 0.377 e. The lowest BCUT2D eigenvalue weighted by Gasteiger charge is -2.28. The average molecular weight is 276 g/mol. The number of hydrogen-bond acceptors (Lipinski definition) is 3. The van der Waals surface area contributed by atoms with Gasteiger partial charge in [0.05, 0.1) is 6.10 Å². The van der Waals surface area contributed by atoms with Crippen molar-refractivity contribution in [3.8, 4) is 0 Å². The van der Waals surface area contributed by atoms with Crippen LogP contribution in [0.1, 0.15) is 31.2 Å². The fourth-order valence-corrected chi connectivity index (χ4v) is 2.86. The molecule has 0 radical (unpaired) electrons. The highest BCUT2D eigenvalue weighted by Crippen LogP contribution is 2.13. The van der Waals surface area contributed by atoms with Gasteiger partial charge in [-0.3, -0.25) is 0 Å². The van der Waals surface area contributed by atoms with Crippen LogP contribution in [0.15, 0.2) is 30.3 Å². The number of ether oxygens (including phenoxy) is 1. The van der Waals surface area contributed by atoms with Crippen LogP contribution in [0.4, 0.5) is 0 Å². The second-order valence-electron chi connectivity index (χ2n) is 5.99. The van der Waals surface area contributed by atoms with Crippen molar-refractivity contribution in [1.82, 2.24) is 4.90 Å². The molecule has 0 spiro atoms. The standard InChI is InChI=1S/C17H28N2O/c1-19(14-17-9-5-6-12-20-17)13-16(18)11-10-15-7-3-2-4-8-15/h2-4,7-8,16-17H,5-6,9-14,18H2,1H3. The first kappa shape index (κ1) is 15.5. The first-order valence-electron chi connectivity index (χ1n) is 7.83. The summed E-state index contributed by atoms with van der Waals surface area (Å²) < 4.78 is 5.78. The van der Waals surface area contributed by atoms with Crippen LogP contribution in [-0.4, -0.2) is 43.8 Å². The number of aryl methyl sites for hydroxylation is 1. The highest BCUT2D eigenvalue weighted by atomic mass is 16.5. The van der Waals surface area contributed by atoms with Crippen molar-refractivity contribution in [2.45, 2.75) is 44.2 Å². The molecule has 2 N–H and O–H groups in total. The monoisotopic (exact) mass is 276 g/mol. The summed E-state index contributed by atoms with van der Waals surface area (Å²) in [6.07, 6.45) is 6.24. The van der Waals surface area contributed by atoms with Crippen molar-refractivity contribution >= 4 is 0 Å². The Bertz CT molecular complexity index is 363. The molecular weight excluding hydrogens is 248 g/mol. The van der Waals surface area contributed by atoms with Crippen LogP contribution >= 0.6 is 0 Å². The van der Waals surface area contributed by atoms with Gasteiger partial charge in [0.15, 0.2) is 0 Å². The lowest BCUT2D eigenvalue weighted by atomic mass is 10.0. The Morgan fingerprint density at radius 1 is 1.30 bits per heavy atom. The summed E-state index contributed by atoms with van der Waals surface area (Å²) in [7, 11) is 2.15. The lowest BCUT2D eigenvalue weighted by molar-refractivity contribution is -0.00219. The Hall–Kier alpha value is -0.900. The number of nitrogens with zero attached hydrogens (tertiary/aromatic N) is 1. The summed E-state index contributed by atoms with van der Waals surface area (Å²) in [5, 5.41) is 0. The molecule has 1 aromatic carbocycles. The van der Waals surface area contributed by atoms with E-state index in [4.69, 9.17) is 10.5 Å². The zero-order valence-electron chi connectivity index (χ0n) is 12.6. The van der Waals surface area contributed by atoms with E-state index in [0.717, 1.165) is 32.5 Å². The van der Waals surface area contributed by atoms with Gasteiger partial charge in [-0.05, 0) is 44.7 Å². The van der Waals surface area contributed by atoms with E-state index in [0.29, 0.717) is 6.10 Å². The molecule has 0 saturated carbocycles. The third-order valence-electron chi connectivity index (χ3n) is 3.98. The van der Waals surface area contributed by atoms with Gasteiger partial charge in [0.1, 0.15) is 0 Å². The van der Waals surface area contributed by atoms with E-state index < -0.39 is 0 Å². The molecule has 2 rings (SSSR count). The van der Waals surface area contributed by atoms with Crippen LogP contribution in [0.5, 0.6) is 0 Å². The highest BCUT2D eigenvalue weighted by molar-refractivity contribution is 5.14. The molecule has 0 aromatic heterocycles. The summed E-state index contributed by atoms with van der Waals surface area (Å²) in [5.74, 6) is 0. The molecule has 0 bridgehead atoms. The Labute approximate surface area is 123 Å². The molecule has 3 nitrogen and oxygen atoms in total. The molecule has 1 heterocycles. The minimum atomic E-state index is 0.240. The highest BCUT2D eigenvalue weighted by Gasteiger charge is 2.17. The van der Waals surface area contributed by atoms with Gasteiger partial charge in [0.25, 0.3) is 0 Å². The van der Waals surface area contributed by atoms with Crippen LogP contribution < -0.4 is 5.73 Å². The van der Waals surface area contributed by atoms with Gasteiger partial charge in [-0.2, -0.15) is 0 Å². The molecule has 3 heteroatoms. The third-order valence-corrected chi connectivity index (χ3v) is 3.98. The molecule has 1 fully saturated rings. The number of likely N-dealkylation sites (N-methyl/N-ethyl adjacent to an activating group) is 1. The molecule has 112 valence electrons. The van der Waals surface area contributed by atoms with Crippen molar-refractivity contribution < 1.29 is 4.74 Å². The van der Waals surface area contributed by atoms with Crippen LogP contribution in [-0.2, 0) is 11.2 Å². The average Bonchev–Trinajstić information content (AvgIpc) is 2.47. The summed E-state index contributed by atoms with van der Waals surface area (Å²) in [6, 6.07) is 10.8. The third kappa shape index (κ3) is 5.61. The zero-order chi connectivity index (χ0) is 14.2. The van der Waals surface area contributed by atoms with Crippen molar-refractivity contribution in [2.24, 2.45) is 5.73 Å². The first-order valence-corrected chi connectivity index (χ1v) is 7.83. The second-order valence-corrected chi connectivity index (χ2v) is 5.99. The van der Waals surface area contributed by atoms with Crippen molar-refractivity contribution in [2.75, 3.05) is 26.7 Å². The summed E-state index contributed by atoms with van der Waals surface area (Å²) in [4.78, 5) is 2.33. The predicted octanol–water partition coefficient (Wildman–Crippen LogP) is 2.45. The number of nitrogens with two attached hydrogens (primary N) is 1. The van der Waals surface area contributed by atoms with E-state index in [1.54, 1.807) is 0 Å². The number of hydrogen-bond donors (Lipinski definition) is 1. The minimum Gasteiger partial charge on any atom is -0.377 e. The summed E-state index contributed by atoms with van der Waals surface area (Å²) in [6.45, 7) is 2.89. The summed E-state index contributed by atoms with van der Waals surface area (Å²) in [5.41, 5.74) is 7.62. The number of rotatable bonds is 7. The van der Waals surface area contributed by atoms with Crippen LogP contribution in [0, 0.1) is 0 Å². The van der Waals surface area contributed by atoms with Crippen molar-refractivity contribution in [1.29, 1.82) is 0 Å². The molecule has 20 heavy (non-hydrogen) atoms. The van der Waals surface area contributed by atoms with Gasteiger partial charge < -0.3 is 15.4 Å². The fraction of sp³-hybridized carbons (Fsp3) is 0.647. The Balaban J connectivity index is 1.64. The quantitative estimate of drug-likeness (QED) is 0.831. The maximum absolute atomic E-state index is 6.25. The van der Waals surface area contributed by atoms with Crippen LogP contribution in [0.3, 0.4) is 0 Å². The molecule has 0 amide bonds. The number of benzene rings is 1. The molecule has 1 aliphatic heterocycles. The smallest absolute Gasteiger partial charge is 0.0701 e. The SMILES string of the molecule is CN(CC(N)CCc1ccccc1)CC1CCCCO1. The maximum Gasteiger partial charge on any atom is 0.0701 e. The van der Waals surface area contributed by atoms with Gasteiger partial charge in [0.2, 0.25) is 0 Å².